The largest absolute Gasteiger partial charge is 0.355 e. The number of halogens is 1. The molecule has 7 nitrogen and oxygen atoms in total. The topological polar surface area (TPSA) is 79.0 Å². The summed E-state index contributed by atoms with van der Waals surface area (Å²) >= 11 is 0. The highest BCUT2D eigenvalue weighted by atomic mass is 32.2. The third-order valence-corrected chi connectivity index (χ3v) is 7.65. The highest BCUT2D eigenvalue weighted by molar-refractivity contribution is 7.89. The highest BCUT2D eigenvalue weighted by Crippen LogP contribution is 2.40. The molecule has 0 aromatic heterocycles. The molecule has 0 bridgehead atoms. The fourth-order valence-electron chi connectivity index (χ4n) is 4.86. The molecule has 1 aromatic rings. The first-order valence-corrected chi connectivity index (χ1v) is 12.1. The Balaban J connectivity index is 1.74. The van der Waals surface area contributed by atoms with E-state index >= 15 is 4.39 Å². The molecule has 2 atom stereocenters. The smallest absolute Gasteiger partial charge is 0.317 e. The van der Waals surface area contributed by atoms with Crippen molar-refractivity contribution in [3.8, 4) is 0 Å². The maximum absolute atomic E-state index is 15.5. The second-order valence-corrected chi connectivity index (χ2v) is 12.2. The molecule has 1 aromatic carbocycles. The molecule has 2 saturated heterocycles. The summed E-state index contributed by atoms with van der Waals surface area (Å²) in [6.45, 7) is 10.4. The van der Waals surface area contributed by atoms with Gasteiger partial charge in [-0.1, -0.05) is 39.0 Å². The Hall–Kier alpha value is -1.71. The van der Waals surface area contributed by atoms with Gasteiger partial charge in [-0.3, -0.25) is 0 Å². The molecule has 0 aliphatic carbocycles. The summed E-state index contributed by atoms with van der Waals surface area (Å²) in [5.41, 5.74) is -2.01. The number of likely N-dealkylation sites (tertiary alicyclic amines) is 1. The molecule has 2 amide bonds. The number of hydrogen-bond acceptors (Lipinski definition) is 4. The number of benzene rings is 1. The van der Waals surface area contributed by atoms with Crippen LogP contribution in [0.5, 0.6) is 0 Å². The lowest BCUT2D eigenvalue weighted by atomic mass is 9.82. The maximum Gasteiger partial charge on any atom is 0.317 e. The number of hydrogen-bond donors (Lipinski definition) is 1. The van der Waals surface area contributed by atoms with E-state index in [0.29, 0.717) is 0 Å². The zero-order valence-electron chi connectivity index (χ0n) is 19.0. The lowest BCUT2D eigenvalue weighted by Crippen LogP contribution is -2.64. The molecule has 3 rings (SSSR count). The van der Waals surface area contributed by atoms with Gasteiger partial charge in [-0.05, 0) is 37.8 Å². The summed E-state index contributed by atoms with van der Waals surface area (Å²) in [5, 5.41) is 3.00. The van der Waals surface area contributed by atoms with E-state index in [-0.39, 0.29) is 49.0 Å². The van der Waals surface area contributed by atoms with Gasteiger partial charge in [0.25, 0.3) is 0 Å². The van der Waals surface area contributed by atoms with Crippen molar-refractivity contribution < 1.29 is 22.3 Å². The van der Waals surface area contributed by atoms with Crippen LogP contribution >= 0.6 is 0 Å². The molecule has 1 spiro atoms. The Morgan fingerprint density at radius 3 is 2.42 bits per heavy atom. The predicted molar refractivity (Wildman–Crippen MR) is 117 cm³/mol. The number of carbonyl (C=O) groups excluding carboxylic acids is 1. The number of piperidine rings is 1. The number of ether oxygens (including phenoxy) is 1. The number of sulfonamides is 1. The van der Waals surface area contributed by atoms with E-state index in [9.17, 15) is 13.2 Å². The van der Waals surface area contributed by atoms with Crippen molar-refractivity contribution in [2.24, 2.45) is 5.41 Å². The van der Waals surface area contributed by atoms with Crippen molar-refractivity contribution in [2.75, 3.05) is 26.2 Å². The number of carbonyl (C=O) groups is 1. The van der Waals surface area contributed by atoms with Gasteiger partial charge in [0.05, 0.1) is 18.0 Å². The van der Waals surface area contributed by atoms with Gasteiger partial charge in [-0.15, -0.1) is 0 Å². The molecule has 2 fully saturated rings. The highest BCUT2D eigenvalue weighted by Gasteiger charge is 2.57. The summed E-state index contributed by atoms with van der Waals surface area (Å²) in [7, 11) is -3.92. The monoisotopic (exact) mass is 455 g/mol. The molecule has 31 heavy (non-hydrogen) atoms. The first-order valence-electron chi connectivity index (χ1n) is 10.7. The van der Waals surface area contributed by atoms with E-state index < -0.39 is 27.5 Å². The first kappa shape index (κ1) is 23.9. The second-order valence-electron chi connectivity index (χ2n) is 10.3. The zero-order chi connectivity index (χ0) is 23.1. The van der Waals surface area contributed by atoms with Crippen molar-refractivity contribution >= 4 is 16.1 Å². The summed E-state index contributed by atoms with van der Waals surface area (Å²) in [6, 6.07) is 7.64. The number of alkyl halides is 1. The summed E-state index contributed by atoms with van der Waals surface area (Å²) in [5.74, 6) is 0. The normalized spacial score (nSPS) is 25.7. The van der Waals surface area contributed by atoms with Crippen molar-refractivity contribution in [1.29, 1.82) is 0 Å². The minimum atomic E-state index is -3.92. The third kappa shape index (κ3) is 5.04. The van der Waals surface area contributed by atoms with Gasteiger partial charge in [0.15, 0.2) is 11.9 Å². The van der Waals surface area contributed by atoms with Crippen LogP contribution in [-0.2, 0) is 14.8 Å². The van der Waals surface area contributed by atoms with Crippen LogP contribution in [-0.4, -0.2) is 67.3 Å². The van der Waals surface area contributed by atoms with Crippen molar-refractivity contribution in [3.63, 3.8) is 0 Å². The Morgan fingerprint density at radius 2 is 1.84 bits per heavy atom. The van der Waals surface area contributed by atoms with Gasteiger partial charge in [-0.25, -0.2) is 17.6 Å². The van der Waals surface area contributed by atoms with Crippen molar-refractivity contribution in [1.82, 2.24) is 14.5 Å². The molecule has 0 radical (unpaired) electrons. The van der Waals surface area contributed by atoms with Gasteiger partial charge < -0.3 is 15.0 Å². The molecule has 1 N–H and O–H groups in total. The molecule has 2 unspecified atom stereocenters. The fourth-order valence-corrected chi connectivity index (χ4v) is 6.59. The molecule has 9 heteroatoms. The average molecular weight is 456 g/mol. The van der Waals surface area contributed by atoms with E-state index in [1.807, 2.05) is 13.8 Å². The Labute approximate surface area is 185 Å². The Bertz CT molecular complexity index is 901. The quantitative estimate of drug-likeness (QED) is 0.755. The van der Waals surface area contributed by atoms with Crippen molar-refractivity contribution in [3.05, 3.63) is 30.3 Å². The van der Waals surface area contributed by atoms with Gasteiger partial charge in [0.1, 0.15) is 0 Å². The van der Waals surface area contributed by atoms with E-state index in [2.05, 4.69) is 26.1 Å². The predicted octanol–water partition coefficient (Wildman–Crippen LogP) is 3.37. The lowest BCUT2D eigenvalue weighted by molar-refractivity contribution is -0.135. The van der Waals surface area contributed by atoms with Crippen LogP contribution in [0.1, 0.15) is 47.5 Å². The first-order chi connectivity index (χ1) is 14.3. The summed E-state index contributed by atoms with van der Waals surface area (Å²) in [4.78, 5) is 14.3. The molecule has 174 valence electrons. The van der Waals surface area contributed by atoms with E-state index in [4.69, 9.17) is 4.74 Å². The van der Waals surface area contributed by atoms with E-state index in [0.717, 1.165) is 10.7 Å². The molecule has 2 heterocycles. The molecular formula is C22H34FN3O4S. The van der Waals surface area contributed by atoms with E-state index in [1.54, 1.807) is 18.2 Å². The van der Waals surface area contributed by atoms with Gasteiger partial charge in [0.2, 0.25) is 10.0 Å². The van der Waals surface area contributed by atoms with Crippen LogP contribution in [0, 0.1) is 5.41 Å². The second kappa shape index (κ2) is 8.33. The standard InChI is InChI=1S/C22H34FN3O4S/c1-20(2,3)16-21(4,5)24-19(27)25-12-11-22(18(23)15-25)26(13-14-30-22)31(28,29)17-9-7-6-8-10-17/h6-10,18H,11-16H2,1-5H3,(H,24,27). The van der Waals surface area contributed by atoms with Crippen LogP contribution < -0.4 is 5.32 Å². The fraction of sp³-hybridized carbons (Fsp3) is 0.682. The lowest BCUT2D eigenvalue weighted by Gasteiger charge is -2.45. The minimum Gasteiger partial charge on any atom is -0.355 e. The number of rotatable bonds is 4. The summed E-state index contributed by atoms with van der Waals surface area (Å²) < 4.78 is 48.7. The van der Waals surface area contributed by atoms with Crippen LogP contribution in [0.25, 0.3) is 0 Å². The van der Waals surface area contributed by atoms with Crippen LogP contribution in [0.15, 0.2) is 35.2 Å². The molecule has 0 saturated carbocycles. The Kier molecular flexibility index (Phi) is 6.43. The van der Waals surface area contributed by atoms with Gasteiger partial charge in [-0.2, -0.15) is 4.31 Å². The number of amides is 2. The average Bonchev–Trinajstić information content (AvgIpc) is 3.08. The van der Waals surface area contributed by atoms with E-state index in [1.165, 1.54) is 17.0 Å². The Morgan fingerprint density at radius 1 is 1.19 bits per heavy atom. The number of nitrogens with zero attached hydrogens (tertiary/aromatic N) is 2. The van der Waals surface area contributed by atoms with Crippen LogP contribution in [0.4, 0.5) is 9.18 Å². The van der Waals surface area contributed by atoms with Crippen LogP contribution in [0.3, 0.4) is 0 Å². The summed E-state index contributed by atoms with van der Waals surface area (Å²) in [6.07, 6.45) is -0.819. The molecule has 2 aliphatic heterocycles. The van der Waals surface area contributed by atoms with Crippen molar-refractivity contribution in [2.45, 2.75) is 69.8 Å². The zero-order valence-corrected chi connectivity index (χ0v) is 19.8. The number of nitrogens with one attached hydrogen (secondary N) is 1. The SMILES string of the molecule is CC(C)(C)CC(C)(C)NC(=O)N1CCC2(OCCN2S(=O)(=O)c2ccccc2)C(F)C1. The minimum absolute atomic E-state index is 0.0232. The van der Waals surface area contributed by atoms with Gasteiger partial charge >= 0.3 is 6.03 Å². The molecule has 2 aliphatic rings. The molecular weight excluding hydrogens is 421 g/mol. The van der Waals surface area contributed by atoms with Crippen LogP contribution in [0.2, 0.25) is 0 Å². The third-order valence-electron chi connectivity index (χ3n) is 5.71. The maximum atomic E-state index is 15.5. The van der Waals surface area contributed by atoms with Gasteiger partial charge in [0, 0.05) is 25.0 Å². The number of urea groups is 1.